The number of rotatable bonds is 0. The van der Waals surface area contributed by atoms with Gasteiger partial charge in [0.05, 0.1) is 0 Å². The Balaban J connectivity index is 1.74. The smallest absolute Gasteiger partial charge is 0.334 e. The zero-order valence-electron chi connectivity index (χ0n) is 14.4. The lowest BCUT2D eigenvalue weighted by atomic mass is 9.46. The molecule has 0 saturated heterocycles. The van der Waals surface area contributed by atoms with Crippen LogP contribution in [0, 0.1) is 22.7 Å². The minimum absolute atomic E-state index is 0.0295. The number of hydrogen-bond acceptors (Lipinski definition) is 2. The summed E-state index contributed by atoms with van der Waals surface area (Å²) in [4.78, 5) is 11.9. The summed E-state index contributed by atoms with van der Waals surface area (Å²) in [5, 5.41) is 0. The van der Waals surface area contributed by atoms with Crippen LogP contribution in [0.25, 0.3) is 0 Å². The fourth-order valence-electron chi connectivity index (χ4n) is 6.24. The molecule has 120 valence electrons. The van der Waals surface area contributed by atoms with E-state index in [1.54, 1.807) is 5.57 Å². The second-order valence-corrected chi connectivity index (χ2v) is 8.92. The molecule has 0 aromatic heterocycles. The SMILES string of the molecule is CC1=C2C=C3CC[C@@H]4C(C)(C)CCC[C@@]4(C)[C@@H]3C[C@H]2OC1=O. The van der Waals surface area contributed by atoms with Crippen LogP contribution in [0.1, 0.15) is 66.2 Å². The van der Waals surface area contributed by atoms with Gasteiger partial charge in [0.1, 0.15) is 6.10 Å². The van der Waals surface area contributed by atoms with Gasteiger partial charge in [-0.2, -0.15) is 0 Å². The topological polar surface area (TPSA) is 26.3 Å². The molecule has 0 spiro atoms. The lowest BCUT2D eigenvalue weighted by Gasteiger charge is -2.59. The molecule has 2 saturated carbocycles. The van der Waals surface area contributed by atoms with Crippen molar-refractivity contribution in [1.82, 2.24) is 0 Å². The van der Waals surface area contributed by atoms with Crippen molar-refractivity contribution in [3.8, 4) is 0 Å². The molecule has 22 heavy (non-hydrogen) atoms. The lowest BCUT2D eigenvalue weighted by Crippen LogP contribution is -2.51. The first-order valence-electron chi connectivity index (χ1n) is 8.95. The normalized spacial score (nSPS) is 43.0. The summed E-state index contributed by atoms with van der Waals surface area (Å²) in [5.41, 5.74) is 4.46. The average molecular weight is 300 g/mol. The third kappa shape index (κ3) is 1.82. The van der Waals surface area contributed by atoms with Gasteiger partial charge in [-0.1, -0.05) is 38.8 Å². The number of allylic oxidation sites excluding steroid dienone is 1. The molecule has 0 radical (unpaired) electrons. The highest BCUT2D eigenvalue weighted by Crippen LogP contribution is 2.63. The third-order valence-corrected chi connectivity index (χ3v) is 7.37. The van der Waals surface area contributed by atoms with Gasteiger partial charge in [-0.05, 0) is 61.7 Å². The van der Waals surface area contributed by atoms with Crippen LogP contribution in [0.3, 0.4) is 0 Å². The van der Waals surface area contributed by atoms with Gasteiger partial charge in [0.15, 0.2) is 0 Å². The highest BCUT2D eigenvalue weighted by atomic mass is 16.5. The summed E-state index contributed by atoms with van der Waals surface area (Å²) in [6.45, 7) is 9.38. The van der Waals surface area contributed by atoms with E-state index in [0.29, 0.717) is 16.7 Å². The van der Waals surface area contributed by atoms with Crippen molar-refractivity contribution >= 4 is 5.97 Å². The second kappa shape index (κ2) is 4.49. The van der Waals surface area contributed by atoms with Crippen LogP contribution in [0.5, 0.6) is 0 Å². The summed E-state index contributed by atoms with van der Waals surface area (Å²) >= 11 is 0. The van der Waals surface area contributed by atoms with Gasteiger partial charge < -0.3 is 4.74 Å². The van der Waals surface area contributed by atoms with Gasteiger partial charge in [-0.3, -0.25) is 0 Å². The van der Waals surface area contributed by atoms with Crippen molar-refractivity contribution in [3.05, 3.63) is 22.8 Å². The van der Waals surface area contributed by atoms with Crippen LogP contribution >= 0.6 is 0 Å². The largest absolute Gasteiger partial charge is 0.454 e. The molecule has 3 aliphatic carbocycles. The van der Waals surface area contributed by atoms with E-state index in [2.05, 4.69) is 26.8 Å². The van der Waals surface area contributed by atoms with Crippen LogP contribution in [-0.2, 0) is 9.53 Å². The van der Waals surface area contributed by atoms with Crippen LogP contribution in [0.15, 0.2) is 22.8 Å². The maximum Gasteiger partial charge on any atom is 0.334 e. The predicted octanol–water partition coefficient (Wildman–Crippen LogP) is 4.80. The van der Waals surface area contributed by atoms with Crippen molar-refractivity contribution in [2.24, 2.45) is 22.7 Å². The van der Waals surface area contributed by atoms with Crippen LogP contribution in [-0.4, -0.2) is 12.1 Å². The standard InChI is InChI=1S/C20H28O2/c1-12-14-10-13-6-7-17-19(2,3)8-5-9-20(17,4)15(13)11-16(14)22-18(12)21/h10,15-17H,5-9,11H2,1-4H3/t15-,16-,17-,20+/m1/s1. The van der Waals surface area contributed by atoms with Crippen molar-refractivity contribution in [3.63, 3.8) is 0 Å². The summed E-state index contributed by atoms with van der Waals surface area (Å²) in [5.74, 6) is 1.32. The first-order valence-corrected chi connectivity index (χ1v) is 8.95. The summed E-state index contributed by atoms with van der Waals surface area (Å²) in [6, 6.07) is 0. The van der Waals surface area contributed by atoms with Gasteiger partial charge in [-0.15, -0.1) is 0 Å². The highest BCUT2D eigenvalue weighted by molar-refractivity contribution is 5.92. The maximum atomic E-state index is 11.9. The molecule has 0 unspecified atom stereocenters. The van der Waals surface area contributed by atoms with Crippen molar-refractivity contribution in [2.45, 2.75) is 72.3 Å². The number of esters is 1. The Morgan fingerprint density at radius 1 is 1.23 bits per heavy atom. The van der Waals surface area contributed by atoms with Crippen molar-refractivity contribution in [1.29, 1.82) is 0 Å². The summed E-state index contributed by atoms with van der Waals surface area (Å²) in [6.07, 6.45) is 9.96. The quantitative estimate of drug-likeness (QED) is 0.601. The van der Waals surface area contributed by atoms with Gasteiger partial charge in [0.2, 0.25) is 0 Å². The van der Waals surface area contributed by atoms with Crippen molar-refractivity contribution < 1.29 is 9.53 Å². The number of carbonyl (C=O) groups is 1. The van der Waals surface area contributed by atoms with Crippen LogP contribution < -0.4 is 0 Å². The lowest BCUT2D eigenvalue weighted by molar-refractivity contribution is -0.141. The number of ether oxygens (including phenoxy) is 1. The number of carbonyl (C=O) groups excluding carboxylic acids is 1. The molecule has 1 heterocycles. The Kier molecular flexibility index (Phi) is 2.97. The summed E-state index contributed by atoms with van der Waals surface area (Å²) < 4.78 is 5.65. The highest BCUT2D eigenvalue weighted by Gasteiger charge is 2.55. The number of fused-ring (bicyclic) bond motifs is 4. The minimum atomic E-state index is -0.0961. The Morgan fingerprint density at radius 2 is 2.00 bits per heavy atom. The fourth-order valence-corrected chi connectivity index (χ4v) is 6.24. The second-order valence-electron chi connectivity index (χ2n) is 8.92. The van der Waals surface area contributed by atoms with E-state index in [4.69, 9.17) is 4.74 Å². The Bertz CT molecular complexity index is 595. The average Bonchev–Trinajstić information content (AvgIpc) is 2.72. The molecule has 0 amide bonds. The van der Waals surface area contributed by atoms with Gasteiger partial charge in [-0.25, -0.2) is 4.79 Å². The molecule has 2 fully saturated rings. The Labute approximate surface area is 134 Å². The molecule has 4 aliphatic rings. The Hall–Kier alpha value is -1.05. The molecule has 0 aromatic rings. The summed E-state index contributed by atoms with van der Waals surface area (Å²) in [7, 11) is 0. The monoisotopic (exact) mass is 300 g/mol. The molecular formula is C20H28O2. The molecule has 0 bridgehead atoms. The van der Waals surface area contributed by atoms with E-state index in [0.717, 1.165) is 17.9 Å². The zero-order valence-corrected chi connectivity index (χ0v) is 14.4. The van der Waals surface area contributed by atoms with Gasteiger partial charge >= 0.3 is 5.97 Å². The number of hydrogen-bond donors (Lipinski definition) is 0. The minimum Gasteiger partial charge on any atom is -0.454 e. The van der Waals surface area contributed by atoms with E-state index < -0.39 is 0 Å². The molecule has 0 aromatic carbocycles. The molecule has 2 nitrogen and oxygen atoms in total. The first kappa shape index (κ1) is 14.5. The molecule has 4 rings (SSSR count). The van der Waals surface area contributed by atoms with Crippen LogP contribution in [0.4, 0.5) is 0 Å². The van der Waals surface area contributed by atoms with E-state index in [9.17, 15) is 4.79 Å². The van der Waals surface area contributed by atoms with Crippen LogP contribution in [0.2, 0.25) is 0 Å². The van der Waals surface area contributed by atoms with E-state index in [1.165, 1.54) is 37.7 Å². The predicted molar refractivity (Wildman–Crippen MR) is 87.2 cm³/mol. The van der Waals surface area contributed by atoms with E-state index >= 15 is 0 Å². The van der Waals surface area contributed by atoms with Gasteiger partial charge in [0, 0.05) is 11.1 Å². The zero-order chi connectivity index (χ0) is 15.7. The first-order chi connectivity index (χ1) is 10.3. The maximum absolute atomic E-state index is 11.9. The Morgan fingerprint density at radius 3 is 2.77 bits per heavy atom. The molecule has 1 aliphatic heterocycles. The van der Waals surface area contributed by atoms with E-state index in [1.807, 2.05) is 6.92 Å². The van der Waals surface area contributed by atoms with E-state index in [-0.39, 0.29) is 12.1 Å². The van der Waals surface area contributed by atoms with Gasteiger partial charge in [0.25, 0.3) is 0 Å². The molecule has 4 atom stereocenters. The molecule has 0 N–H and O–H groups in total. The fraction of sp³-hybridized carbons (Fsp3) is 0.750. The van der Waals surface area contributed by atoms with Crippen molar-refractivity contribution in [2.75, 3.05) is 0 Å². The molecular weight excluding hydrogens is 272 g/mol. The molecule has 2 heteroatoms. The third-order valence-electron chi connectivity index (χ3n) is 7.37.